The van der Waals surface area contributed by atoms with Gasteiger partial charge in [0, 0.05) is 27.2 Å². The molecule has 0 atom stereocenters. The molecule has 0 aromatic carbocycles. The van der Waals surface area contributed by atoms with Crippen LogP contribution in [0.2, 0.25) is 0 Å². The minimum absolute atomic E-state index is 0.182. The van der Waals surface area contributed by atoms with Crippen molar-refractivity contribution in [2.24, 2.45) is 5.41 Å². The Labute approximate surface area is 116 Å². The summed E-state index contributed by atoms with van der Waals surface area (Å²) in [6.45, 7) is 10.3. The third-order valence-corrected chi connectivity index (χ3v) is 2.33. The van der Waals surface area contributed by atoms with Gasteiger partial charge >= 0.3 is 0 Å². The SMILES string of the molecule is CCCNc1nc(NCC(C)(C)C)nc(N(C)C)n1. The zero-order valence-corrected chi connectivity index (χ0v) is 12.9. The molecule has 1 heterocycles. The Bertz CT molecular complexity index is 397. The van der Waals surface area contributed by atoms with E-state index in [0.717, 1.165) is 19.5 Å². The van der Waals surface area contributed by atoms with Crippen LogP contribution in [0, 0.1) is 5.41 Å². The third kappa shape index (κ3) is 5.72. The molecule has 1 aromatic rings. The second kappa shape index (κ2) is 6.54. The lowest BCUT2D eigenvalue weighted by atomic mass is 9.97. The van der Waals surface area contributed by atoms with Gasteiger partial charge in [-0.25, -0.2) is 0 Å². The van der Waals surface area contributed by atoms with Crippen molar-refractivity contribution < 1.29 is 0 Å². The summed E-state index contributed by atoms with van der Waals surface area (Å²) >= 11 is 0. The lowest BCUT2D eigenvalue weighted by Crippen LogP contribution is -2.22. The first kappa shape index (κ1) is 15.5. The van der Waals surface area contributed by atoms with E-state index in [9.17, 15) is 0 Å². The van der Waals surface area contributed by atoms with E-state index < -0.39 is 0 Å². The Hall–Kier alpha value is -1.59. The zero-order valence-electron chi connectivity index (χ0n) is 12.9. The van der Waals surface area contributed by atoms with E-state index in [1.165, 1.54) is 0 Å². The van der Waals surface area contributed by atoms with E-state index in [-0.39, 0.29) is 5.41 Å². The van der Waals surface area contributed by atoms with Crippen LogP contribution in [0.25, 0.3) is 0 Å². The van der Waals surface area contributed by atoms with E-state index >= 15 is 0 Å². The fraction of sp³-hybridized carbons (Fsp3) is 0.769. The highest BCUT2D eigenvalue weighted by molar-refractivity contribution is 5.42. The molecule has 0 aliphatic heterocycles. The number of nitrogens with one attached hydrogen (secondary N) is 2. The number of hydrogen-bond donors (Lipinski definition) is 2. The molecule has 1 aromatic heterocycles. The second-order valence-electron chi connectivity index (χ2n) is 6.02. The first-order valence-electron chi connectivity index (χ1n) is 6.73. The lowest BCUT2D eigenvalue weighted by Gasteiger charge is -2.20. The van der Waals surface area contributed by atoms with Gasteiger partial charge in [-0.2, -0.15) is 15.0 Å². The van der Waals surface area contributed by atoms with E-state index in [0.29, 0.717) is 17.8 Å². The predicted molar refractivity (Wildman–Crippen MR) is 80.9 cm³/mol. The fourth-order valence-corrected chi connectivity index (χ4v) is 1.30. The normalized spacial score (nSPS) is 11.3. The quantitative estimate of drug-likeness (QED) is 0.823. The van der Waals surface area contributed by atoms with Gasteiger partial charge in [0.1, 0.15) is 0 Å². The molecule has 0 unspecified atom stereocenters. The van der Waals surface area contributed by atoms with Gasteiger partial charge in [-0.15, -0.1) is 0 Å². The van der Waals surface area contributed by atoms with Gasteiger partial charge in [-0.3, -0.25) is 0 Å². The van der Waals surface area contributed by atoms with Crippen LogP contribution in [0.15, 0.2) is 0 Å². The van der Waals surface area contributed by atoms with Crippen molar-refractivity contribution in [1.82, 2.24) is 15.0 Å². The van der Waals surface area contributed by atoms with E-state index in [4.69, 9.17) is 0 Å². The van der Waals surface area contributed by atoms with E-state index in [1.807, 2.05) is 19.0 Å². The Kier molecular flexibility index (Phi) is 5.32. The van der Waals surface area contributed by atoms with E-state index in [2.05, 4.69) is 53.3 Å². The second-order valence-corrected chi connectivity index (χ2v) is 6.02. The van der Waals surface area contributed by atoms with Crippen LogP contribution in [-0.4, -0.2) is 42.1 Å². The van der Waals surface area contributed by atoms with Gasteiger partial charge < -0.3 is 15.5 Å². The number of hydrogen-bond acceptors (Lipinski definition) is 6. The first-order chi connectivity index (χ1) is 8.81. The zero-order chi connectivity index (χ0) is 14.5. The molecule has 19 heavy (non-hydrogen) atoms. The van der Waals surface area contributed by atoms with E-state index in [1.54, 1.807) is 0 Å². The van der Waals surface area contributed by atoms with Crippen LogP contribution in [0.3, 0.4) is 0 Å². The molecular weight excluding hydrogens is 240 g/mol. The number of rotatable bonds is 6. The smallest absolute Gasteiger partial charge is 0.231 e. The summed E-state index contributed by atoms with van der Waals surface area (Å²) in [4.78, 5) is 15.0. The molecule has 0 aliphatic rings. The summed E-state index contributed by atoms with van der Waals surface area (Å²) in [5.41, 5.74) is 0.182. The average molecular weight is 266 g/mol. The van der Waals surface area contributed by atoms with Crippen molar-refractivity contribution in [3.63, 3.8) is 0 Å². The standard InChI is InChI=1S/C13H26N6/c1-7-8-14-10-16-11(15-9-13(2,3)4)18-12(17-10)19(5)6/h7-9H2,1-6H3,(H2,14,15,16,17,18). The van der Waals surface area contributed by atoms with Crippen molar-refractivity contribution in [2.75, 3.05) is 42.7 Å². The minimum atomic E-state index is 0.182. The first-order valence-corrected chi connectivity index (χ1v) is 6.73. The summed E-state index contributed by atoms with van der Waals surface area (Å²) < 4.78 is 0. The Balaban J connectivity index is 2.86. The highest BCUT2D eigenvalue weighted by atomic mass is 15.3. The van der Waals surface area contributed by atoms with Crippen molar-refractivity contribution in [3.05, 3.63) is 0 Å². The minimum Gasteiger partial charge on any atom is -0.354 e. The Morgan fingerprint density at radius 3 is 2.05 bits per heavy atom. The lowest BCUT2D eigenvalue weighted by molar-refractivity contribution is 0.441. The maximum Gasteiger partial charge on any atom is 0.231 e. The van der Waals surface area contributed by atoms with Crippen LogP contribution in [0.1, 0.15) is 34.1 Å². The summed E-state index contributed by atoms with van der Waals surface area (Å²) in [6, 6.07) is 0. The molecular formula is C13H26N6. The average Bonchev–Trinajstić information content (AvgIpc) is 2.32. The van der Waals surface area contributed by atoms with Gasteiger partial charge in [0.25, 0.3) is 0 Å². The van der Waals surface area contributed by atoms with Crippen LogP contribution in [0.4, 0.5) is 17.8 Å². The van der Waals surface area contributed by atoms with Gasteiger partial charge in [0.05, 0.1) is 0 Å². The van der Waals surface area contributed by atoms with Crippen LogP contribution < -0.4 is 15.5 Å². The summed E-state index contributed by atoms with van der Waals surface area (Å²) in [6.07, 6.45) is 1.04. The maximum absolute atomic E-state index is 4.40. The van der Waals surface area contributed by atoms with Crippen molar-refractivity contribution in [2.45, 2.75) is 34.1 Å². The summed E-state index contributed by atoms with van der Waals surface area (Å²) in [5, 5.41) is 6.47. The molecule has 0 saturated carbocycles. The summed E-state index contributed by atoms with van der Waals surface area (Å²) in [5.74, 6) is 1.90. The van der Waals surface area contributed by atoms with Crippen molar-refractivity contribution in [3.8, 4) is 0 Å². The fourth-order valence-electron chi connectivity index (χ4n) is 1.30. The van der Waals surface area contributed by atoms with Crippen molar-refractivity contribution in [1.29, 1.82) is 0 Å². The molecule has 108 valence electrons. The highest BCUT2D eigenvalue weighted by Gasteiger charge is 2.12. The topological polar surface area (TPSA) is 66.0 Å². The molecule has 0 fully saturated rings. The molecule has 0 bridgehead atoms. The van der Waals surface area contributed by atoms with Crippen LogP contribution >= 0.6 is 0 Å². The number of aromatic nitrogens is 3. The summed E-state index contributed by atoms with van der Waals surface area (Å²) in [7, 11) is 3.85. The molecule has 2 N–H and O–H groups in total. The molecule has 0 aliphatic carbocycles. The maximum atomic E-state index is 4.40. The molecule has 1 rings (SSSR count). The molecule has 6 heteroatoms. The number of anilines is 3. The van der Waals surface area contributed by atoms with Gasteiger partial charge in [0.15, 0.2) is 0 Å². The van der Waals surface area contributed by atoms with Crippen molar-refractivity contribution >= 4 is 17.8 Å². The Morgan fingerprint density at radius 1 is 1.00 bits per heavy atom. The molecule has 0 amide bonds. The molecule has 0 spiro atoms. The molecule has 0 saturated heterocycles. The predicted octanol–water partition coefficient (Wildman–Crippen LogP) is 2.22. The molecule has 6 nitrogen and oxygen atoms in total. The van der Waals surface area contributed by atoms with Crippen LogP contribution in [-0.2, 0) is 0 Å². The highest BCUT2D eigenvalue weighted by Crippen LogP contribution is 2.16. The van der Waals surface area contributed by atoms with Gasteiger partial charge in [-0.1, -0.05) is 27.7 Å². The van der Waals surface area contributed by atoms with Gasteiger partial charge in [-0.05, 0) is 11.8 Å². The van der Waals surface area contributed by atoms with Crippen LogP contribution in [0.5, 0.6) is 0 Å². The third-order valence-electron chi connectivity index (χ3n) is 2.33. The largest absolute Gasteiger partial charge is 0.354 e. The molecule has 0 radical (unpaired) electrons. The van der Waals surface area contributed by atoms with Gasteiger partial charge in [0.2, 0.25) is 17.8 Å². The monoisotopic (exact) mass is 266 g/mol. The number of nitrogens with zero attached hydrogens (tertiary/aromatic N) is 4. The Morgan fingerprint density at radius 2 is 1.58 bits per heavy atom.